The Bertz CT molecular complexity index is 622. The molecule has 0 aromatic heterocycles. The monoisotopic (exact) mass is 337 g/mol. The Labute approximate surface area is 141 Å². The number of amides is 1. The van der Waals surface area contributed by atoms with E-state index < -0.39 is 11.6 Å². The minimum absolute atomic E-state index is 0.0756. The smallest absolute Gasteiger partial charge is 0.410 e. The molecule has 1 saturated heterocycles. The van der Waals surface area contributed by atoms with Gasteiger partial charge in [0.2, 0.25) is 0 Å². The molecule has 1 aromatic carbocycles. The van der Waals surface area contributed by atoms with Gasteiger partial charge >= 0.3 is 12.1 Å². The third-order valence-corrected chi connectivity index (χ3v) is 3.47. The van der Waals surface area contributed by atoms with Crippen LogP contribution in [0.1, 0.15) is 37.6 Å². The van der Waals surface area contributed by atoms with E-state index in [4.69, 9.17) is 9.47 Å². The minimum atomic E-state index is -0.615. The summed E-state index contributed by atoms with van der Waals surface area (Å²) in [6, 6.07) is 4.39. The number of carbonyl (C=O) groups is 2. The van der Waals surface area contributed by atoms with E-state index in [0.29, 0.717) is 25.3 Å². The largest absolute Gasteiger partial charge is 0.507 e. The van der Waals surface area contributed by atoms with Crippen LogP contribution in [0.3, 0.4) is 0 Å². The Morgan fingerprint density at radius 2 is 2.00 bits per heavy atom. The van der Waals surface area contributed by atoms with Crippen LogP contribution in [0.15, 0.2) is 18.2 Å². The minimum Gasteiger partial charge on any atom is -0.507 e. The van der Waals surface area contributed by atoms with E-state index in [9.17, 15) is 14.7 Å². The fraction of sp³-hybridized carbons (Fsp3) is 0.529. The Kier molecular flexibility index (Phi) is 5.21. The highest BCUT2D eigenvalue weighted by Crippen LogP contribution is 2.27. The molecule has 7 heteroatoms. The van der Waals surface area contributed by atoms with E-state index in [2.05, 4.69) is 4.74 Å². The zero-order valence-corrected chi connectivity index (χ0v) is 14.4. The van der Waals surface area contributed by atoms with Crippen LogP contribution in [0.25, 0.3) is 0 Å². The van der Waals surface area contributed by atoms with Crippen LogP contribution in [-0.2, 0) is 9.47 Å². The molecule has 1 amide bonds. The number of ether oxygens (including phenoxy) is 3. The second-order valence-electron chi connectivity index (χ2n) is 6.63. The summed E-state index contributed by atoms with van der Waals surface area (Å²) in [5, 5.41) is 9.87. The fourth-order valence-corrected chi connectivity index (χ4v) is 2.38. The lowest BCUT2D eigenvalue weighted by Crippen LogP contribution is -2.36. The molecule has 0 spiro atoms. The molecule has 1 heterocycles. The number of esters is 1. The van der Waals surface area contributed by atoms with E-state index in [1.54, 1.807) is 11.0 Å². The highest BCUT2D eigenvalue weighted by molar-refractivity contribution is 5.92. The molecule has 0 aliphatic carbocycles. The zero-order valence-electron chi connectivity index (χ0n) is 14.4. The number of rotatable bonds is 3. The maximum atomic E-state index is 12.0. The second-order valence-corrected chi connectivity index (χ2v) is 6.63. The molecule has 0 radical (unpaired) electrons. The number of aromatic hydroxyl groups is 1. The van der Waals surface area contributed by atoms with Gasteiger partial charge in [0.15, 0.2) is 0 Å². The third-order valence-electron chi connectivity index (χ3n) is 3.47. The summed E-state index contributed by atoms with van der Waals surface area (Å²) in [7, 11) is 1.25. The lowest BCUT2D eigenvalue weighted by molar-refractivity contribution is 0.0275. The molecule has 24 heavy (non-hydrogen) atoms. The van der Waals surface area contributed by atoms with Crippen molar-refractivity contribution in [3.8, 4) is 11.5 Å². The van der Waals surface area contributed by atoms with Gasteiger partial charge < -0.3 is 24.2 Å². The first kappa shape index (κ1) is 17.9. The summed E-state index contributed by atoms with van der Waals surface area (Å²) in [5.74, 6) is -0.395. The first-order chi connectivity index (χ1) is 11.2. The first-order valence-corrected chi connectivity index (χ1v) is 7.75. The third kappa shape index (κ3) is 4.53. The Balaban J connectivity index is 1.95. The van der Waals surface area contributed by atoms with Crippen molar-refractivity contribution < 1.29 is 28.9 Å². The van der Waals surface area contributed by atoms with E-state index in [0.717, 1.165) is 0 Å². The number of phenols is 1. The van der Waals surface area contributed by atoms with Gasteiger partial charge in [0.05, 0.1) is 13.7 Å². The number of benzene rings is 1. The van der Waals surface area contributed by atoms with Gasteiger partial charge in [-0.25, -0.2) is 9.59 Å². The Morgan fingerprint density at radius 3 is 2.58 bits per heavy atom. The van der Waals surface area contributed by atoms with E-state index in [-0.39, 0.29) is 23.5 Å². The topological polar surface area (TPSA) is 85.3 Å². The Hall–Kier alpha value is -2.44. The predicted octanol–water partition coefficient (Wildman–Crippen LogP) is 2.57. The van der Waals surface area contributed by atoms with Crippen molar-refractivity contribution in [3.63, 3.8) is 0 Å². The van der Waals surface area contributed by atoms with Crippen LogP contribution in [0.5, 0.6) is 11.5 Å². The van der Waals surface area contributed by atoms with Gasteiger partial charge in [0, 0.05) is 19.0 Å². The van der Waals surface area contributed by atoms with Gasteiger partial charge in [-0.3, -0.25) is 0 Å². The lowest BCUT2D eigenvalue weighted by atomic mass is 10.2. The SMILES string of the molecule is COC(=O)c1ccc(OC2CCN(C(=O)OC(C)(C)C)C2)cc1O. The number of carbonyl (C=O) groups excluding carboxylic acids is 2. The average molecular weight is 337 g/mol. The summed E-state index contributed by atoms with van der Waals surface area (Å²) in [6.45, 7) is 6.42. The van der Waals surface area contributed by atoms with E-state index >= 15 is 0 Å². The maximum absolute atomic E-state index is 12.0. The molecule has 1 aromatic rings. The number of hydrogen-bond acceptors (Lipinski definition) is 6. The van der Waals surface area contributed by atoms with Crippen LogP contribution in [0.4, 0.5) is 4.79 Å². The summed E-state index contributed by atoms with van der Waals surface area (Å²) < 4.78 is 15.7. The number of hydrogen-bond donors (Lipinski definition) is 1. The molecule has 1 aliphatic heterocycles. The molecule has 1 N–H and O–H groups in total. The highest BCUT2D eigenvalue weighted by Gasteiger charge is 2.31. The quantitative estimate of drug-likeness (QED) is 0.853. The molecule has 1 fully saturated rings. The second kappa shape index (κ2) is 6.98. The van der Waals surface area contributed by atoms with Gasteiger partial charge in [0.25, 0.3) is 0 Å². The van der Waals surface area contributed by atoms with Crippen molar-refractivity contribution in [2.45, 2.75) is 38.9 Å². The van der Waals surface area contributed by atoms with Crippen LogP contribution >= 0.6 is 0 Å². The van der Waals surface area contributed by atoms with Crippen molar-refractivity contribution in [3.05, 3.63) is 23.8 Å². The first-order valence-electron chi connectivity index (χ1n) is 7.75. The van der Waals surface area contributed by atoms with Crippen molar-refractivity contribution in [2.24, 2.45) is 0 Å². The molecule has 1 atom stereocenters. The predicted molar refractivity (Wildman–Crippen MR) is 86.3 cm³/mol. The Morgan fingerprint density at radius 1 is 1.29 bits per heavy atom. The summed E-state index contributed by atoms with van der Waals surface area (Å²) in [5.41, 5.74) is -0.461. The number of nitrogens with zero attached hydrogens (tertiary/aromatic N) is 1. The molecule has 1 unspecified atom stereocenters. The van der Waals surface area contributed by atoms with Crippen LogP contribution < -0.4 is 4.74 Å². The summed E-state index contributed by atoms with van der Waals surface area (Å²) in [6.07, 6.45) is 0.108. The van der Waals surface area contributed by atoms with Crippen molar-refractivity contribution in [1.29, 1.82) is 0 Å². The molecule has 0 bridgehead atoms. The number of likely N-dealkylation sites (tertiary alicyclic amines) is 1. The molecule has 2 rings (SSSR count). The standard InChI is InChI=1S/C17H23NO6/c1-17(2,3)24-16(21)18-8-7-12(10-18)23-11-5-6-13(14(19)9-11)15(20)22-4/h5-6,9,12,19H,7-8,10H2,1-4H3. The zero-order chi connectivity index (χ0) is 17.9. The normalized spacial score (nSPS) is 17.5. The van der Waals surface area contributed by atoms with Crippen LogP contribution in [0.2, 0.25) is 0 Å². The molecule has 132 valence electrons. The molecule has 1 aliphatic rings. The van der Waals surface area contributed by atoms with Gasteiger partial charge in [-0.2, -0.15) is 0 Å². The van der Waals surface area contributed by atoms with Crippen molar-refractivity contribution in [1.82, 2.24) is 4.90 Å². The van der Waals surface area contributed by atoms with Crippen molar-refractivity contribution in [2.75, 3.05) is 20.2 Å². The van der Waals surface area contributed by atoms with Gasteiger partial charge in [0.1, 0.15) is 28.8 Å². The van der Waals surface area contributed by atoms with Crippen LogP contribution in [-0.4, -0.2) is 54.0 Å². The van der Waals surface area contributed by atoms with Gasteiger partial charge in [-0.05, 0) is 32.9 Å². The molecule has 7 nitrogen and oxygen atoms in total. The summed E-state index contributed by atoms with van der Waals surface area (Å²) >= 11 is 0. The average Bonchev–Trinajstić information content (AvgIpc) is 2.93. The number of phenolic OH excluding ortho intramolecular Hbond substituents is 1. The molecule has 0 saturated carbocycles. The lowest BCUT2D eigenvalue weighted by Gasteiger charge is -2.24. The van der Waals surface area contributed by atoms with Crippen LogP contribution in [0, 0.1) is 0 Å². The fourth-order valence-electron chi connectivity index (χ4n) is 2.38. The van der Waals surface area contributed by atoms with Gasteiger partial charge in [-0.1, -0.05) is 0 Å². The van der Waals surface area contributed by atoms with E-state index in [1.807, 2.05) is 20.8 Å². The van der Waals surface area contributed by atoms with E-state index in [1.165, 1.54) is 19.2 Å². The molecular weight excluding hydrogens is 314 g/mol. The van der Waals surface area contributed by atoms with Gasteiger partial charge in [-0.15, -0.1) is 0 Å². The summed E-state index contributed by atoms with van der Waals surface area (Å²) in [4.78, 5) is 25.1. The van der Waals surface area contributed by atoms with Crippen molar-refractivity contribution >= 4 is 12.1 Å². The molecular formula is C17H23NO6. The maximum Gasteiger partial charge on any atom is 0.410 e. The highest BCUT2D eigenvalue weighted by atomic mass is 16.6. The number of methoxy groups -OCH3 is 1.